The van der Waals surface area contributed by atoms with Gasteiger partial charge < -0.3 is 0 Å². The summed E-state index contributed by atoms with van der Waals surface area (Å²) in [5.74, 6) is 0. The molecule has 16 heavy (non-hydrogen) atoms. The molecule has 1 N–H and O–H groups in total. The second kappa shape index (κ2) is 3.95. The van der Waals surface area contributed by atoms with Crippen LogP contribution >= 0.6 is 0 Å². The predicted molar refractivity (Wildman–Crippen MR) is 55.1 cm³/mol. The van der Waals surface area contributed by atoms with Crippen LogP contribution in [0.2, 0.25) is 0 Å². The maximum atomic E-state index is 10.8. The Morgan fingerprint density at radius 2 is 1.75 bits per heavy atom. The van der Waals surface area contributed by atoms with Crippen molar-refractivity contribution in [2.24, 2.45) is 0 Å². The summed E-state index contributed by atoms with van der Waals surface area (Å²) in [4.78, 5) is 11.0. The highest BCUT2D eigenvalue weighted by Gasteiger charge is 2.14. The highest BCUT2D eigenvalue weighted by molar-refractivity contribution is 7.85. The third-order valence-electron chi connectivity index (χ3n) is 1.84. The van der Waals surface area contributed by atoms with Gasteiger partial charge in [-0.3, -0.25) is 9.54 Å². The van der Waals surface area contributed by atoms with Gasteiger partial charge in [-0.2, -0.15) is 8.42 Å². The Labute approximate surface area is 91.8 Å². The fourth-order valence-electron chi connectivity index (χ4n) is 1.15. The lowest BCUT2D eigenvalue weighted by Gasteiger charge is -2.00. The Morgan fingerprint density at radius 1 is 1.06 bits per heavy atom. The molecule has 0 aliphatic heterocycles. The first-order valence-corrected chi connectivity index (χ1v) is 5.72. The average molecular weight is 237 g/mol. The number of hydrogen-bond donors (Lipinski definition) is 1. The molecule has 2 heterocycles. The van der Waals surface area contributed by atoms with Crippen molar-refractivity contribution in [3.05, 3.63) is 36.8 Å². The van der Waals surface area contributed by atoms with Gasteiger partial charge in [0.2, 0.25) is 0 Å². The minimum atomic E-state index is -4.37. The van der Waals surface area contributed by atoms with Gasteiger partial charge in [-0.15, -0.1) is 0 Å². The monoisotopic (exact) mass is 237 g/mol. The number of pyridine rings is 1. The summed E-state index contributed by atoms with van der Waals surface area (Å²) >= 11 is 0. The van der Waals surface area contributed by atoms with Crippen molar-refractivity contribution in [1.29, 1.82) is 0 Å². The standard InChI is InChI=1S/C9H7N3O3S/c13-16(14,15)9-11-6-3-8(12-9)7-1-4-10-5-2-7/h1-6H,(H,13,14,15). The Bertz CT molecular complexity index is 598. The summed E-state index contributed by atoms with van der Waals surface area (Å²) in [5, 5.41) is -0.609. The van der Waals surface area contributed by atoms with E-state index in [1.165, 1.54) is 6.20 Å². The Balaban J connectivity index is 2.53. The van der Waals surface area contributed by atoms with Gasteiger partial charge in [0.1, 0.15) is 0 Å². The van der Waals surface area contributed by atoms with E-state index in [1.807, 2.05) is 0 Å². The topological polar surface area (TPSA) is 93.0 Å². The summed E-state index contributed by atoms with van der Waals surface area (Å²) in [5.41, 5.74) is 1.10. The highest BCUT2D eigenvalue weighted by Crippen LogP contribution is 2.15. The lowest BCUT2D eigenvalue weighted by Crippen LogP contribution is -2.04. The molecule has 0 saturated carbocycles. The third kappa shape index (κ3) is 2.20. The van der Waals surface area contributed by atoms with Gasteiger partial charge in [-0.1, -0.05) is 0 Å². The van der Waals surface area contributed by atoms with Crippen molar-refractivity contribution in [1.82, 2.24) is 15.0 Å². The molecule has 0 fully saturated rings. The van der Waals surface area contributed by atoms with E-state index in [0.29, 0.717) is 11.3 Å². The van der Waals surface area contributed by atoms with Crippen LogP contribution < -0.4 is 0 Å². The van der Waals surface area contributed by atoms with Crippen molar-refractivity contribution in [3.8, 4) is 11.3 Å². The van der Waals surface area contributed by atoms with E-state index >= 15 is 0 Å². The van der Waals surface area contributed by atoms with Crippen LogP contribution in [0.15, 0.2) is 41.9 Å². The number of rotatable bonds is 2. The number of aromatic nitrogens is 3. The zero-order chi connectivity index (χ0) is 11.6. The third-order valence-corrected chi connectivity index (χ3v) is 2.50. The van der Waals surface area contributed by atoms with Crippen LogP contribution in [0.4, 0.5) is 0 Å². The van der Waals surface area contributed by atoms with Crippen LogP contribution in [-0.2, 0) is 10.1 Å². The first-order valence-electron chi connectivity index (χ1n) is 4.28. The van der Waals surface area contributed by atoms with Gasteiger partial charge in [-0.05, 0) is 18.2 Å². The summed E-state index contributed by atoms with van der Waals surface area (Å²) in [6, 6.07) is 4.90. The van der Waals surface area contributed by atoms with E-state index in [9.17, 15) is 8.42 Å². The van der Waals surface area contributed by atoms with Crippen molar-refractivity contribution >= 4 is 10.1 Å². The fraction of sp³-hybridized carbons (Fsp3) is 0. The lowest BCUT2D eigenvalue weighted by molar-refractivity contribution is 0.474. The van der Waals surface area contributed by atoms with Gasteiger partial charge >= 0.3 is 10.1 Å². The van der Waals surface area contributed by atoms with Crippen molar-refractivity contribution in [3.63, 3.8) is 0 Å². The molecule has 0 atom stereocenters. The van der Waals surface area contributed by atoms with E-state index < -0.39 is 15.3 Å². The second-order valence-corrected chi connectivity index (χ2v) is 4.25. The molecular formula is C9H7N3O3S. The summed E-state index contributed by atoms with van der Waals surface area (Å²) in [7, 11) is -4.37. The Kier molecular flexibility index (Phi) is 2.63. The average Bonchev–Trinajstić information content (AvgIpc) is 2.29. The molecule has 2 aromatic heterocycles. The molecule has 0 aromatic carbocycles. The maximum Gasteiger partial charge on any atom is 0.330 e. The molecule has 82 valence electrons. The Hall–Kier alpha value is -1.86. The van der Waals surface area contributed by atoms with Crippen LogP contribution in [0, 0.1) is 0 Å². The van der Waals surface area contributed by atoms with E-state index in [2.05, 4.69) is 15.0 Å². The summed E-state index contributed by atoms with van der Waals surface area (Å²) in [6.45, 7) is 0. The van der Waals surface area contributed by atoms with Crippen LogP contribution in [0.5, 0.6) is 0 Å². The smallest absolute Gasteiger partial charge is 0.279 e. The predicted octanol–water partition coefficient (Wildman–Crippen LogP) is 0.785. The fourth-order valence-corrected chi connectivity index (χ4v) is 1.56. The van der Waals surface area contributed by atoms with Gasteiger partial charge in [0.25, 0.3) is 5.16 Å². The SMILES string of the molecule is O=S(=O)(O)c1nccc(-c2ccncc2)n1. The molecule has 0 unspecified atom stereocenters. The molecule has 7 heteroatoms. The van der Waals surface area contributed by atoms with Crippen LogP contribution in [0.25, 0.3) is 11.3 Å². The van der Waals surface area contributed by atoms with Crippen molar-refractivity contribution in [2.45, 2.75) is 5.16 Å². The first kappa shape index (κ1) is 10.7. The normalized spacial score (nSPS) is 11.3. The lowest BCUT2D eigenvalue weighted by atomic mass is 10.2. The minimum Gasteiger partial charge on any atom is -0.279 e. The second-order valence-electron chi connectivity index (χ2n) is 2.94. The molecule has 2 aromatic rings. The van der Waals surface area contributed by atoms with E-state index in [-0.39, 0.29) is 0 Å². The molecule has 0 radical (unpaired) electrons. The summed E-state index contributed by atoms with van der Waals surface area (Å²) in [6.07, 6.45) is 4.39. The van der Waals surface area contributed by atoms with Crippen molar-refractivity contribution < 1.29 is 13.0 Å². The van der Waals surface area contributed by atoms with E-state index in [4.69, 9.17) is 4.55 Å². The molecule has 0 aliphatic carbocycles. The number of hydrogen-bond acceptors (Lipinski definition) is 5. The maximum absolute atomic E-state index is 10.8. The molecule has 6 nitrogen and oxygen atoms in total. The van der Waals surface area contributed by atoms with Crippen LogP contribution in [-0.4, -0.2) is 27.9 Å². The van der Waals surface area contributed by atoms with E-state index in [1.54, 1.807) is 30.6 Å². The molecule has 0 bridgehead atoms. The molecule has 0 amide bonds. The molecule has 0 aliphatic rings. The van der Waals surface area contributed by atoms with Crippen molar-refractivity contribution in [2.75, 3.05) is 0 Å². The van der Waals surface area contributed by atoms with Gasteiger partial charge in [0.15, 0.2) is 0 Å². The first-order chi connectivity index (χ1) is 7.57. The van der Waals surface area contributed by atoms with E-state index in [0.717, 1.165) is 0 Å². The van der Waals surface area contributed by atoms with Crippen LogP contribution in [0.3, 0.4) is 0 Å². The van der Waals surface area contributed by atoms with Gasteiger partial charge in [0.05, 0.1) is 5.69 Å². The zero-order valence-electron chi connectivity index (χ0n) is 7.98. The highest BCUT2D eigenvalue weighted by atomic mass is 32.2. The largest absolute Gasteiger partial charge is 0.330 e. The summed E-state index contributed by atoms with van der Waals surface area (Å²) < 4.78 is 30.5. The minimum absolute atomic E-state index is 0.407. The molecule has 0 saturated heterocycles. The van der Waals surface area contributed by atoms with Gasteiger partial charge in [0, 0.05) is 24.2 Å². The van der Waals surface area contributed by atoms with Crippen LogP contribution in [0.1, 0.15) is 0 Å². The molecular weight excluding hydrogens is 230 g/mol. The Morgan fingerprint density at radius 3 is 2.38 bits per heavy atom. The number of nitrogens with zero attached hydrogens (tertiary/aromatic N) is 3. The van der Waals surface area contributed by atoms with Gasteiger partial charge in [-0.25, -0.2) is 9.97 Å². The molecule has 0 spiro atoms. The molecule has 2 rings (SSSR count). The quantitative estimate of drug-likeness (QED) is 0.613. The zero-order valence-corrected chi connectivity index (χ0v) is 8.79.